The summed E-state index contributed by atoms with van der Waals surface area (Å²) in [6, 6.07) is 0. The Balaban J connectivity index is -0.000000455. The zero-order chi connectivity index (χ0) is 16.7. The van der Waals surface area contributed by atoms with E-state index in [9.17, 15) is 0 Å². The number of aromatic nitrogens is 6. The van der Waals surface area contributed by atoms with Crippen LogP contribution in [0.15, 0.2) is 26.0 Å². The molecule has 124 valence electrons. The molecular formula is C8H6Li4N6S9+2. The molecule has 0 spiro atoms. The van der Waals surface area contributed by atoms with Gasteiger partial charge in [-0.05, 0) is 42.8 Å². The predicted molar refractivity (Wildman–Crippen MR) is 106 cm³/mol. The second-order valence-electron chi connectivity index (χ2n) is 3.08. The fourth-order valence-corrected chi connectivity index (χ4v) is 7.14. The van der Waals surface area contributed by atoms with Crippen LogP contribution in [0.4, 0.5) is 0 Å². The van der Waals surface area contributed by atoms with E-state index in [2.05, 4.69) is 55.8 Å². The van der Waals surface area contributed by atoms with E-state index >= 15 is 0 Å². The molecule has 0 amide bonds. The zero-order valence-electron chi connectivity index (χ0n) is 15.4. The van der Waals surface area contributed by atoms with Gasteiger partial charge in [-0.2, -0.15) is 10.2 Å². The molecule has 3 aromatic heterocycles. The molecule has 19 heteroatoms. The van der Waals surface area contributed by atoms with Gasteiger partial charge in [0.2, 0.25) is 0 Å². The van der Waals surface area contributed by atoms with Gasteiger partial charge in [0, 0.05) is 0 Å². The first-order valence-corrected chi connectivity index (χ1v) is 13.2. The largest absolute Gasteiger partial charge is 1.00 e. The number of hydrogen-bond acceptors (Lipinski definition) is 15. The second kappa shape index (κ2) is 19.6. The van der Waals surface area contributed by atoms with Crippen molar-refractivity contribution in [2.24, 2.45) is 0 Å². The molecule has 27 heavy (non-hydrogen) atoms. The molecule has 0 unspecified atom stereocenters. The Morgan fingerprint density at radius 1 is 0.556 bits per heavy atom. The number of thioether (sulfide) groups is 2. The molecule has 0 aliphatic rings. The molecule has 0 bridgehead atoms. The maximum absolute atomic E-state index is 4.61. The quantitative estimate of drug-likeness (QED) is 0.144. The number of hydrogen-bond donors (Lipinski definition) is 0. The summed E-state index contributed by atoms with van der Waals surface area (Å²) in [6.45, 7) is 0. The minimum Gasteiger partial charge on any atom is -0.406 e. The minimum atomic E-state index is 0. The average Bonchev–Trinajstić information content (AvgIpc) is 3.27. The van der Waals surface area contributed by atoms with Crippen molar-refractivity contribution >= 4 is 104 Å². The molecular weight excluding hydrogens is 496 g/mol. The molecule has 3 rings (SSSR count). The summed E-state index contributed by atoms with van der Waals surface area (Å²) in [5.74, 6) is 0. The topological polar surface area (TPSA) is 77.3 Å². The van der Waals surface area contributed by atoms with Crippen LogP contribution in [0.5, 0.6) is 0 Å². The Hall–Kier alpha value is 2.91. The van der Waals surface area contributed by atoms with Crippen LogP contribution in [0.3, 0.4) is 0 Å². The molecule has 0 aromatic carbocycles. The fourth-order valence-electron chi connectivity index (χ4n) is 0.895. The third-order valence-electron chi connectivity index (χ3n) is 1.70. The molecule has 0 N–H and O–H groups in total. The molecule has 6 nitrogen and oxygen atoms in total. The van der Waals surface area contributed by atoms with Gasteiger partial charge >= 0.3 is 75.4 Å². The van der Waals surface area contributed by atoms with Crippen molar-refractivity contribution < 1.29 is 75.4 Å². The van der Waals surface area contributed by atoms with Gasteiger partial charge in [-0.25, -0.2) is 0 Å². The molecule has 0 aliphatic carbocycles. The Morgan fingerprint density at radius 3 is 1.11 bits per heavy atom. The third-order valence-corrected chi connectivity index (χ3v) is 9.62. The summed E-state index contributed by atoms with van der Waals surface area (Å²) in [5.41, 5.74) is 0. The van der Waals surface area contributed by atoms with Crippen molar-refractivity contribution in [3.05, 3.63) is 0 Å². The van der Waals surface area contributed by atoms with Crippen LogP contribution in [-0.4, -0.2) is 43.1 Å². The van der Waals surface area contributed by atoms with Crippen molar-refractivity contribution in [2.75, 3.05) is 12.5 Å². The van der Waals surface area contributed by atoms with Crippen molar-refractivity contribution in [3.63, 3.8) is 0 Å². The van der Waals surface area contributed by atoms with E-state index < -0.39 is 0 Å². The van der Waals surface area contributed by atoms with Crippen LogP contribution in [0.25, 0.3) is 0 Å². The molecule has 0 saturated heterocycles. The van der Waals surface area contributed by atoms with E-state index in [1.807, 2.05) is 12.5 Å². The maximum atomic E-state index is 4.61. The van der Waals surface area contributed by atoms with Gasteiger partial charge in [0.1, 0.15) is 0 Å². The average molecular weight is 503 g/mol. The van der Waals surface area contributed by atoms with Gasteiger partial charge in [0.25, 0.3) is 0 Å². The van der Waals surface area contributed by atoms with Crippen LogP contribution < -0.4 is 75.4 Å². The Morgan fingerprint density at radius 2 is 0.889 bits per heavy atom. The smallest absolute Gasteiger partial charge is 0.406 e. The second-order valence-corrected chi connectivity index (χ2v) is 12.0. The zero-order valence-corrected chi connectivity index (χ0v) is 22.7. The van der Waals surface area contributed by atoms with Gasteiger partial charge in [-0.3, -0.25) is 0 Å². The first-order chi connectivity index (χ1) is 11.1. The van der Waals surface area contributed by atoms with Crippen LogP contribution >= 0.6 is 79.1 Å². The molecule has 3 heterocycles. The first kappa shape index (κ1) is 34.5. The van der Waals surface area contributed by atoms with E-state index in [0.717, 1.165) is 17.4 Å². The standard InChI is InChI=1S/C6H6N4S6.C2H2N2S3.4Li/c1-11-3-7-9-5(13-3)15-16-6-10-8-4(12-2)14-6;5-1-3-4-2(6)7-1;;;;/h1-2H3;(H,3,5)(H,4,6);;;;/q;;4*+1/p-2. The summed E-state index contributed by atoms with van der Waals surface area (Å²) in [4.78, 5) is 0. The van der Waals surface area contributed by atoms with E-state index in [1.165, 1.54) is 11.3 Å². The number of rotatable bonds is 5. The molecule has 0 fully saturated rings. The first-order valence-electron chi connectivity index (χ1n) is 5.37. The Bertz CT molecular complexity index is 681. The van der Waals surface area contributed by atoms with Gasteiger partial charge in [0.05, 0.1) is 0 Å². The molecule has 3 aromatic rings. The van der Waals surface area contributed by atoms with Crippen molar-refractivity contribution in [3.8, 4) is 0 Å². The van der Waals surface area contributed by atoms with Crippen LogP contribution in [0.1, 0.15) is 0 Å². The van der Waals surface area contributed by atoms with Crippen LogP contribution in [-0.2, 0) is 25.3 Å². The van der Waals surface area contributed by atoms with Crippen molar-refractivity contribution in [2.45, 2.75) is 26.0 Å². The van der Waals surface area contributed by atoms with Gasteiger partial charge < -0.3 is 36.6 Å². The molecule has 0 radical (unpaired) electrons. The molecule has 0 saturated carbocycles. The fraction of sp³-hybridized carbons (Fsp3) is 0.250. The summed E-state index contributed by atoms with van der Waals surface area (Å²) in [7, 11) is 3.16. The van der Waals surface area contributed by atoms with Crippen LogP contribution in [0, 0.1) is 0 Å². The van der Waals surface area contributed by atoms with E-state index in [1.54, 1.807) is 67.8 Å². The van der Waals surface area contributed by atoms with E-state index in [4.69, 9.17) is 0 Å². The van der Waals surface area contributed by atoms with Crippen LogP contribution in [0.2, 0.25) is 0 Å². The molecule has 0 aliphatic heterocycles. The predicted octanol–water partition coefficient (Wildman–Crippen LogP) is -8.00. The monoisotopic (exact) mass is 502 g/mol. The summed E-state index contributed by atoms with van der Waals surface area (Å²) < 4.78 is 4.93. The summed E-state index contributed by atoms with van der Waals surface area (Å²) in [5, 5.41) is 23.2. The summed E-state index contributed by atoms with van der Waals surface area (Å²) in [6.07, 6.45) is 4.00. The Kier molecular flexibility index (Phi) is 25.0. The Labute approximate surface area is 245 Å². The van der Waals surface area contributed by atoms with E-state index in [-0.39, 0.29) is 75.4 Å². The number of nitrogens with zero attached hydrogens (tertiary/aromatic N) is 6. The van der Waals surface area contributed by atoms with E-state index in [0.29, 0.717) is 8.68 Å². The van der Waals surface area contributed by atoms with Gasteiger partial charge in [-0.1, -0.05) is 46.2 Å². The van der Waals surface area contributed by atoms with Gasteiger partial charge in [-0.15, -0.1) is 20.4 Å². The summed E-state index contributed by atoms with van der Waals surface area (Å²) >= 11 is 16.9. The third kappa shape index (κ3) is 13.8. The normalized spacial score (nSPS) is 8.81. The SMILES string of the molecule is CSc1nnc(SSc2nnc(SC)s2)s1.[Li+].[Li+].[Li+].[Li+].[S-]c1nnc([S-])s1. The minimum absolute atomic E-state index is 0. The van der Waals surface area contributed by atoms with Crippen molar-refractivity contribution in [1.29, 1.82) is 0 Å². The molecule has 0 atom stereocenters. The maximum Gasteiger partial charge on any atom is 1.00 e. The van der Waals surface area contributed by atoms with Gasteiger partial charge in [0.15, 0.2) is 17.4 Å². The van der Waals surface area contributed by atoms with Crippen molar-refractivity contribution in [1.82, 2.24) is 30.6 Å².